The Kier molecular flexibility index (Phi) is 4.03. The molecule has 2 nitrogen and oxygen atoms in total. The molecule has 2 aromatic rings. The molecule has 104 valence electrons. The minimum absolute atomic E-state index is 0.409. The quantitative estimate of drug-likeness (QED) is 0.890. The number of benzene rings is 2. The summed E-state index contributed by atoms with van der Waals surface area (Å²) in [6.45, 7) is 0. The zero-order valence-corrected chi connectivity index (χ0v) is 11.7. The summed E-state index contributed by atoms with van der Waals surface area (Å²) >= 11 is 0. The Balaban J connectivity index is 1.65. The molecular weight excluding hydrogens is 246 g/mol. The molecule has 0 bridgehead atoms. The lowest BCUT2D eigenvalue weighted by Gasteiger charge is -2.26. The molecule has 0 saturated heterocycles. The van der Waals surface area contributed by atoms with Crippen LogP contribution in [0.25, 0.3) is 0 Å². The summed E-state index contributed by atoms with van der Waals surface area (Å²) in [7, 11) is 0. The zero-order valence-electron chi connectivity index (χ0n) is 11.7. The molecule has 2 aromatic carbocycles. The summed E-state index contributed by atoms with van der Waals surface area (Å²) in [6.07, 6.45) is 4.71. The summed E-state index contributed by atoms with van der Waals surface area (Å²) in [5, 5.41) is 0. The van der Waals surface area contributed by atoms with E-state index in [-0.39, 0.29) is 0 Å². The van der Waals surface area contributed by atoms with Crippen LogP contribution in [0.15, 0.2) is 54.6 Å². The van der Waals surface area contributed by atoms with E-state index >= 15 is 0 Å². The first-order valence-corrected chi connectivity index (χ1v) is 7.40. The Morgan fingerprint density at radius 1 is 0.750 bits per heavy atom. The minimum atomic E-state index is 0.409. The molecule has 0 spiro atoms. The predicted octanol–water partition coefficient (Wildman–Crippen LogP) is 4.46. The van der Waals surface area contributed by atoms with Crippen LogP contribution in [0.2, 0.25) is 0 Å². The highest BCUT2D eigenvalue weighted by Gasteiger charge is 2.19. The van der Waals surface area contributed by atoms with Crippen molar-refractivity contribution >= 4 is 0 Å². The van der Waals surface area contributed by atoms with Gasteiger partial charge in [-0.15, -0.1) is 0 Å². The van der Waals surface area contributed by atoms with E-state index in [1.165, 1.54) is 18.4 Å². The van der Waals surface area contributed by atoms with E-state index in [4.69, 9.17) is 10.5 Å². The molecule has 0 atom stereocenters. The summed E-state index contributed by atoms with van der Waals surface area (Å²) in [6, 6.07) is 18.8. The molecule has 0 radical (unpaired) electrons. The van der Waals surface area contributed by atoms with Crippen LogP contribution in [0.1, 0.15) is 37.2 Å². The Hall–Kier alpha value is -1.80. The standard InChI is InChI=1S/C18H21NO/c19-16-10-6-14(7-11-16)15-8-12-18(13-9-15)20-17-4-2-1-3-5-17/h1-5,8-9,12-14,16H,6-7,10-11,19H2. The van der Waals surface area contributed by atoms with Crippen LogP contribution in [0.5, 0.6) is 11.5 Å². The van der Waals surface area contributed by atoms with E-state index in [9.17, 15) is 0 Å². The van der Waals surface area contributed by atoms with Crippen LogP contribution in [-0.4, -0.2) is 6.04 Å². The van der Waals surface area contributed by atoms with Gasteiger partial charge in [-0.2, -0.15) is 0 Å². The van der Waals surface area contributed by atoms with Crippen molar-refractivity contribution in [1.82, 2.24) is 0 Å². The van der Waals surface area contributed by atoms with Gasteiger partial charge in [-0.3, -0.25) is 0 Å². The lowest BCUT2D eigenvalue weighted by molar-refractivity contribution is 0.395. The molecule has 1 aliphatic carbocycles. The van der Waals surface area contributed by atoms with Crippen LogP contribution in [0.4, 0.5) is 0 Å². The van der Waals surface area contributed by atoms with Gasteiger partial charge >= 0.3 is 0 Å². The molecule has 2 heteroatoms. The van der Waals surface area contributed by atoms with Crippen LogP contribution >= 0.6 is 0 Å². The SMILES string of the molecule is NC1CCC(c2ccc(Oc3ccccc3)cc2)CC1. The first-order chi connectivity index (χ1) is 9.81. The number of ether oxygens (including phenoxy) is 1. The van der Waals surface area contributed by atoms with Crippen molar-refractivity contribution in [3.8, 4) is 11.5 Å². The molecule has 0 aliphatic heterocycles. The fourth-order valence-electron chi connectivity index (χ4n) is 2.89. The highest BCUT2D eigenvalue weighted by atomic mass is 16.5. The smallest absolute Gasteiger partial charge is 0.127 e. The highest BCUT2D eigenvalue weighted by molar-refractivity contribution is 5.34. The Morgan fingerprint density at radius 2 is 1.35 bits per heavy atom. The molecule has 0 unspecified atom stereocenters. The summed E-state index contributed by atoms with van der Waals surface area (Å²) in [5.41, 5.74) is 7.38. The van der Waals surface area contributed by atoms with Gasteiger partial charge in [0.1, 0.15) is 11.5 Å². The fraction of sp³-hybridized carbons (Fsp3) is 0.333. The molecule has 20 heavy (non-hydrogen) atoms. The first-order valence-electron chi connectivity index (χ1n) is 7.40. The van der Waals surface area contributed by atoms with Crippen LogP contribution in [0.3, 0.4) is 0 Å². The molecule has 1 fully saturated rings. The van der Waals surface area contributed by atoms with Crippen molar-refractivity contribution in [2.45, 2.75) is 37.6 Å². The number of nitrogens with two attached hydrogens (primary N) is 1. The largest absolute Gasteiger partial charge is 0.457 e. The molecule has 1 saturated carbocycles. The molecule has 2 N–H and O–H groups in total. The van der Waals surface area contributed by atoms with E-state index in [2.05, 4.69) is 24.3 Å². The fourth-order valence-corrected chi connectivity index (χ4v) is 2.89. The van der Waals surface area contributed by atoms with E-state index in [0.717, 1.165) is 24.3 Å². The van der Waals surface area contributed by atoms with Crippen molar-refractivity contribution in [2.24, 2.45) is 5.73 Å². The Morgan fingerprint density at radius 3 is 2.00 bits per heavy atom. The second-order valence-corrected chi connectivity index (χ2v) is 5.60. The van der Waals surface area contributed by atoms with E-state index < -0.39 is 0 Å². The van der Waals surface area contributed by atoms with E-state index in [1.807, 2.05) is 30.3 Å². The van der Waals surface area contributed by atoms with Gasteiger partial charge in [0.15, 0.2) is 0 Å². The third-order valence-electron chi connectivity index (χ3n) is 4.10. The number of hydrogen-bond donors (Lipinski definition) is 1. The van der Waals surface area contributed by atoms with E-state index in [0.29, 0.717) is 12.0 Å². The van der Waals surface area contributed by atoms with Crippen molar-refractivity contribution in [2.75, 3.05) is 0 Å². The molecule has 1 aliphatic rings. The second-order valence-electron chi connectivity index (χ2n) is 5.60. The van der Waals surface area contributed by atoms with Gasteiger partial charge < -0.3 is 10.5 Å². The average Bonchev–Trinajstić information content (AvgIpc) is 2.50. The molecule has 0 amide bonds. The first kappa shape index (κ1) is 13.2. The summed E-state index contributed by atoms with van der Waals surface area (Å²) in [5.74, 6) is 2.44. The Labute approximate surface area is 120 Å². The normalized spacial score (nSPS) is 22.4. The third kappa shape index (κ3) is 3.20. The second kappa shape index (κ2) is 6.10. The highest BCUT2D eigenvalue weighted by Crippen LogP contribution is 2.33. The van der Waals surface area contributed by atoms with Crippen molar-refractivity contribution in [3.05, 3.63) is 60.2 Å². The van der Waals surface area contributed by atoms with Gasteiger partial charge in [0.05, 0.1) is 0 Å². The minimum Gasteiger partial charge on any atom is -0.457 e. The summed E-state index contributed by atoms with van der Waals surface area (Å²) in [4.78, 5) is 0. The number of rotatable bonds is 3. The monoisotopic (exact) mass is 267 g/mol. The van der Waals surface area contributed by atoms with Crippen molar-refractivity contribution in [3.63, 3.8) is 0 Å². The number of hydrogen-bond acceptors (Lipinski definition) is 2. The van der Waals surface area contributed by atoms with E-state index in [1.54, 1.807) is 0 Å². The number of para-hydroxylation sites is 1. The molecule has 0 heterocycles. The van der Waals surface area contributed by atoms with Gasteiger partial charge in [0, 0.05) is 6.04 Å². The van der Waals surface area contributed by atoms with Gasteiger partial charge in [-0.25, -0.2) is 0 Å². The maximum absolute atomic E-state index is 5.97. The van der Waals surface area contributed by atoms with Gasteiger partial charge in [0.2, 0.25) is 0 Å². The summed E-state index contributed by atoms with van der Waals surface area (Å²) < 4.78 is 5.82. The third-order valence-corrected chi connectivity index (χ3v) is 4.10. The van der Waals surface area contributed by atoms with Crippen LogP contribution in [-0.2, 0) is 0 Å². The van der Waals surface area contributed by atoms with Gasteiger partial charge in [0.25, 0.3) is 0 Å². The van der Waals surface area contributed by atoms with Crippen LogP contribution in [0, 0.1) is 0 Å². The zero-order chi connectivity index (χ0) is 13.8. The average molecular weight is 267 g/mol. The molecule has 0 aromatic heterocycles. The Bertz CT molecular complexity index is 527. The van der Waals surface area contributed by atoms with Crippen molar-refractivity contribution < 1.29 is 4.74 Å². The van der Waals surface area contributed by atoms with Gasteiger partial charge in [-0.05, 0) is 61.4 Å². The lowest BCUT2D eigenvalue weighted by atomic mass is 9.82. The predicted molar refractivity (Wildman–Crippen MR) is 82.1 cm³/mol. The maximum Gasteiger partial charge on any atom is 0.127 e. The van der Waals surface area contributed by atoms with Gasteiger partial charge in [-0.1, -0.05) is 30.3 Å². The van der Waals surface area contributed by atoms with Crippen molar-refractivity contribution in [1.29, 1.82) is 0 Å². The maximum atomic E-state index is 5.97. The lowest BCUT2D eigenvalue weighted by Crippen LogP contribution is -2.25. The topological polar surface area (TPSA) is 35.2 Å². The molecule has 3 rings (SSSR count). The molecular formula is C18H21NO. The van der Waals surface area contributed by atoms with Crippen LogP contribution < -0.4 is 10.5 Å².